The number of aromatic nitrogens is 1. The molecule has 2 aromatic rings. The number of hydrogen-bond donors (Lipinski definition) is 1. The maximum absolute atomic E-state index is 12.1. The molecule has 0 fully saturated rings. The van der Waals surface area contributed by atoms with Crippen LogP contribution >= 0.6 is 15.9 Å². The molecule has 0 spiro atoms. The Balaban J connectivity index is 2.10. The zero-order valence-corrected chi connectivity index (χ0v) is 13.0. The van der Waals surface area contributed by atoms with Crippen LogP contribution in [0, 0.1) is 0 Å². The van der Waals surface area contributed by atoms with Crippen LogP contribution in [0.15, 0.2) is 47.2 Å². The van der Waals surface area contributed by atoms with E-state index in [9.17, 15) is 8.78 Å². The molecule has 1 aromatic carbocycles. The highest BCUT2D eigenvalue weighted by Gasteiger charge is 2.11. The Bertz CT molecular complexity index is 578. The average molecular weight is 357 g/mol. The first-order chi connectivity index (χ1) is 10.1. The lowest BCUT2D eigenvalue weighted by molar-refractivity contribution is -0.0498. The van der Waals surface area contributed by atoms with E-state index in [1.165, 1.54) is 0 Å². The van der Waals surface area contributed by atoms with E-state index in [0.29, 0.717) is 0 Å². The van der Waals surface area contributed by atoms with Gasteiger partial charge in [0.25, 0.3) is 0 Å². The van der Waals surface area contributed by atoms with Crippen molar-refractivity contribution < 1.29 is 13.5 Å². The number of halogens is 3. The summed E-state index contributed by atoms with van der Waals surface area (Å²) >= 11 is 3.39. The summed E-state index contributed by atoms with van der Waals surface area (Å²) in [6.45, 7) is -2.80. The van der Waals surface area contributed by atoms with Crippen LogP contribution in [0.5, 0.6) is 5.75 Å². The highest BCUT2D eigenvalue weighted by molar-refractivity contribution is 9.10. The van der Waals surface area contributed by atoms with Crippen LogP contribution < -0.4 is 10.1 Å². The molecule has 1 atom stereocenters. The second kappa shape index (κ2) is 7.47. The molecule has 0 saturated carbocycles. The van der Waals surface area contributed by atoms with Gasteiger partial charge in [0.05, 0.1) is 0 Å². The van der Waals surface area contributed by atoms with E-state index in [1.807, 2.05) is 19.3 Å². The van der Waals surface area contributed by atoms with Gasteiger partial charge in [0.2, 0.25) is 0 Å². The molecule has 1 aromatic heterocycles. The molecular weight excluding hydrogens is 342 g/mol. The zero-order valence-electron chi connectivity index (χ0n) is 11.4. The van der Waals surface area contributed by atoms with Gasteiger partial charge in [0.1, 0.15) is 5.75 Å². The van der Waals surface area contributed by atoms with Crippen molar-refractivity contribution in [1.82, 2.24) is 10.3 Å². The Morgan fingerprint density at radius 1 is 1.24 bits per heavy atom. The number of hydrogen-bond acceptors (Lipinski definition) is 3. The summed E-state index contributed by atoms with van der Waals surface area (Å²) in [5.41, 5.74) is 2.08. The first-order valence-electron chi connectivity index (χ1n) is 6.40. The standard InChI is InChI=1S/C15H15BrF2N2O/c1-19-14(7-10-6-12(16)9-20-8-10)11-2-4-13(5-3-11)21-15(17)18/h2-6,8-9,14-15,19H,7H2,1H3. The lowest BCUT2D eigenvalue weighted by Crippen LogP contribution is -2.18. The Morgan fingerprint density at radius 2 is 1.95 bits per heavy atom. The molecule has 1 heterocycles. The van der Waals surface area contributed by atoms with Gasteiger partial charge in [0.15, 0.2) is 0 Å². The van der Waals surface area contributed by atoms with Gasteiger partial charge in [-0.25, -0.2) is 0 Å². The predicted molar refractivity (Wildman–Crippen MR) is 80.5 cm³/mol. The Morgan fingerprint density at radius 3 is 2.52 bits per heavy atom. The van der Waals surface area contributed by atoms with E-state index in [4.69, 9.17) is 0 Å². The average Bonchev–Trinajstić information content (AvgIpc) is 2.45. The maximum Gasteiger partial charge on any atom is 0.387 e. The van der Waals surface area contributed by atoms with E-state index in [-0.39, 0.29) is 11.8 Å². The van der Waals surface area contributed by atoms with E-state index < -0.39 is 6.61 Å². The Labute approximate surface area is 130 Å². The number of likely N-dealkylation sites (N-methyl/N-ethyl adjacent to an activating group) is 1. The third-order valence-corrected chi connectivity index (χ3v) is 3.49. The van der Waals surface area contributed by atoms with E-state index in [1.54, 1.807) is 30.5 Å². The van der Waals surface area contributed by atoms with Gasteiger partial charge in [-0.15, -0.1) is 0 Å². The number of benzene rings is 1. The largest absolute Gasteiger partial charge is 0.435 e. The van der Waals surface area contributed by atoms with Crippen molar-refractivity contribution in [2.75, 3.05) is 7.05 Å². The number of ether oxygens (including phenoxy) is 1. The number of nitrogens with zero attached hydrogens (tertiary/aromatic N) is 1. The molecule has 0 saturated heterocycles. The van der Waals surface area contributed by atoms with Crippen molar-refractivity contribution in [3.63, 3.8) is 0 Å². The van der Waals surface area contributed by atoms with Crippen molar-refractivity contribution in [2.24, 2.45) is 0 Å². The van der Waals surface area contributed by atoms with Gasteiger partial charge in [-0.3, -0.25) is 4.98 Å². The van der Waals surface area contributed by atoms with E-state index in [0.717, 1.165) is 22.0 Å². The van der Waals surface area contributed by atoms with Crippen molar-refractivity contribution in [3.8, 4) is 5.75 Å². The Hall–Kier alpha value is -1.53. The molecule has 0 aliphatic heterocycles. The third kappa shape index (κ3) is 4.75. The monoisotopic (exact) mass is 356 g/mol. The summed E-state index contributed by atoms with van der Waals surface area (Å²) in [5.74, 6) is 0.160. The van der Waals surface area contributed by atoms with Crippen LogP contribution in [0.2, 0.25) is 0 Å². The van der Waals surface area contributed by atoms with Gasteiger partial charge in [-0.05, 0) is 58.7 Å². The minimum absolute atomic E-state index is 0.0710. The molecule has 0 bridgehead atoms. The maximum atomic E-state index is 12.1. The molecule has 1 unspecified atom stereocenters. The lowest BCUT2D eigenvalue weighted by atomic mass is 10.00. The molecule has 112 valence electrons. The van der Waals surface area contributed by atoms with Crippen LogP contribution in [0.4, 0.5) is 8.78 Å². The van der Waals surface area contributed by atoms with Gasteiger partial charge < -0.3 is 10.1 Å². The first kappa shape index (κ1) is 15.9. The topological polar surface area (TPSA) is 34.2 Å². The van der Waals surface area contributed by atoms with Crippen molar-refractivity contribution in [3.05, 3.63) is 58.3 Å². The van der Waals surface area contributed by atoms with Crippen LogP contribution in [0.1, 0.15) is 17.2 Å². The van der Waals surface area contributed by atoms with Crippen LogP contribution in [-0.4, -0.2) is 18.6 Å². The van der Waals surface area contributed by atoms with Gasteiger partial charge in [-0.1, -0.05) is 12.1 Å². The molecule has 6 heteroatoms. The predicted octanol–water partition coefficient (Wildman–Crippen LogP) is 3.95. The highest BCUT2D eigenvalue weighted by Crippen LogP contribution is 2.22. The smallest absolute Gasteiger partial charge is 0.387 e. The van der Waals surface area contributed by atoms with Gasteiger partial charge >= 0.3 is 6.61 Å². The number of nitrogens with one attached hydrogen (secondary N) is 1. The molecule has 0 radical (unpaired) electrons. The normalized spacial score (nSPS) is 12.4. The van der Waals surface area contributed by atoms with Gasteiger partial charge in [0, 0.05) is 22.9 Å². The summed E-state index contributed by atoms with van der Waals surface area (Å²) < 4.78 is 29.5. The van der Waals surface area contributed by atoms with Crippen molar-refractivity contribution in [1.29, 1.82) is 0 Å². The summed E-state index contributed by atoms with van der Waals surface area (Å²) in [7, 11) is 1.86. The molecule has 0 amide bonds. The summed E-state index contributed by atoms with van der Waals surface area (Å²) in [4.78, 5) is 4.13. The van der Waals surface area contributed by atoms with Crippen LogP contribution in [0.3, 0.4) is 0 Å². The molecular formula is C15H15BrF2N2O. The zero-order chi connectivity index (χ0) is 15.2. The lowest BCUT2D eigenvalue weighted by Gasteiger charge is -2.17. The third-order valence-electron chi connectivity index (χ3n) is 3.06. The van der Waals surface area contributed by atoms with E-state index in [2.05, 4.69) is 31.0 Å². The first-order valence-corrected chi connectivity index (χ1v) is 7.19. The van der Waals surface area contributed by atoms with Crippen LogP contribution in [-0.2, 0) is 6.42 Å². The summed E-state index contributed by atoms with van der Waals surface area (Å²) in [6, 6.07) is 8.73. The van der Waals surface area contributed by atoms with Crippen LogP contribution in [0.25, 0.3) is 0 Å². The molecule has 0 aliphatic rings. The second-order valence-electron chi connectivity index (χ2n) is 4.50. The Kier molecular flexibility index (Phi) is 5.64. The quantitative estimate of drug-likeness (QED) is 0.850. The SMILES string of the molecule is CNC(Cc1cncc(Br)c1)c1ccc(OC(F)F)cc1. The summed E-state index contributed by atoms with van der Waals surface area (Å²) in [5, 5.41) is 3.21. The number of alkyl halides is 2. The second-order valence-corrected chi connectivity index (χ2v) is 5.42. The number of rotatable bonds is 6. The molecule has 2 rings (SSSR count). The van der Waals surface area contributed by atoms with Gasteiger partial charge in [-0.2, -0.15) is 8.78 Å². The summed E-state index contributed by atoms with van der Waals surface area (Å²) in [6.07, 6.45) is 4.29. The fourth-order valence-electron chi connectivity index (χ4n) is 2.07. The highest BCUT2D eigenvalue weighted by atomic mass is 79.9. The number of pyridine rings is 1. The van der Waals surface area contributed by atoms with E-state index >= 15 is 0 Å². The minimum Gasteiger partial charge on any atom is -0.435 e. The minimum atomic E-state index is -2.80. The molecule has 3 nitrogen and oxygen atoms in total. The fraction of sp³-hybridized carbons (Fsp3) is 0.267. The van der Waals surface area contributed by atoms with Crippen molar-refractivity contribution in [2.45, 2.75) is 19.1 Å². The van der Waals surface area contributed by atoms with Crippen molar-refractivity contribution >= 4 is 15.9 Å². The molecule has 1 N–H and O–H groups in total. The fourth-order valence-corrected chi connectivity index (χ4v) is 2.48. The molecule has 0 aliphatic carbocycles. The molecule has 21 heavy (non-hydrogen) atoms.